The van der Waals surface area contributed by atoms with Gasteiger partial charge in [-0.25, -0.2) is 0 Å². The minimum absolute atomic E-state index is 0.00858. The smallest absolute Gasteiger partial charge is 0.508 e. The molecule has 5 rings (SSSR count). The van der Waals surface area contributed by atoms with Crippen LogP contribution in [0.4, 0.5) is 13.2 Å². The minimum atomic E-state index is -4.97. The van der Waals surface area contributed by atoms with Crippen molar-refractivity contribution in [3.8, 4) is 11.5 Å². The number of allylic oxidation sites excluding steroid dienone is 2. The van der Waals surface area contributed by atoms with E-state index in [-0.39, 0.29) is 24.2 Å². The number of phenolic OH excluding ortho intramolecular Hbond substituents is 1. The highest BCUT2D eigenvalue weighted by Gasteiger charge is 2.59. The second kappa shape index (κ2) is 6.81. The lowest BCUT2D eigenvalue weighted by molar-refractivity contribution is -0.274. The molecule has 2 aliphatic carbocycles. The summed E-state index contributed by atoms with van der Waals surface area (Å²) < 4.78 is 42.3. The van der Waals surface area contributed by atoms with Gasteiger partial charge in [-0.3, -0.25) is 29.8 Å². The third-order valence-electron chi connectivity index (χ3n) is 6.90. The van der Waals surface area contributed by atoms with Gasteiger partial charge in [0.25, 0.3) is 0 Å². The van der Waals surface area contributed by atoms with Gasteiger partial charge in [0.1, 0.15) is 11.5 Å². The summed E-state index contributed by atoms with van der Waals surface area (Å²) in [6.07, 6.45) is -2.91. The zero-order valence-electron chi connectivity index (χ0n) is 16.3. The Morgan fingerprint density at radius 3 is 2.25 bits per heavy atom. The Morgan fingerprint density at radius 2 is 1.56 bits per heavy atom. The predicted octanol–water partition coefficient (Wildman–Crippen LogP) is 1.50. The van der Waals surface area contributed by atoms with E-state index in [4.69, 9.17) is 0 Å². The second-order valence-electron chi connectivity index (χ2n) is 8.50. The minimum Gasteiger partial charge on any atom is -0.508 e. The lowest BCUT2D eigenvalue weighted by Gasteiger charge is -2.44. The van der Waals surface area contributed by atoms with E-state index in [9.17, 15) is 37.5 Å². The van der Waals surface area contributed by atoms with Gasteiger partial charge in [-0.05, 0) is 37.0 Å². The average molecular weight is 450 g/mol. The molecule has 168 valence electrons. The number of carbonyl (C=O) groups excluding carboxylic acids is 4. The Hall–Kier alpha value is -3.37. The average Bonchev–Trinajstić information content (AvgIpc) is 3.16. The van der Waals surface area contributed by atoms with Gasteiger partial charge in [0.05, 0.1) is 23.7 Å². The summed E-state index contributed by atoms with van der Waals surface area (Å²) in [5, 5.41) is 15.1. The molecule has 2 aliphatic heterocycles. The summed E-state index contributed by atoms with van der Waals surface area (Å²) >= 11 is 0. The molecule has 8 nitrogen and oxygen atoms in total. The molecule has 3 fully saturated rings. The van der Waals surface area contributed by atoms with Gasteiger partial charge >= 0.3 is 6.36 Å². The van der Waals surface area contributed by atoms with E-state index in [1.807, 2.05) is 0 Å². The van der Waals surface area contributed by atoms with Crippen LogP contribution in [0.25, 0.3) is 0 Å². The van der Waals surface area contributed by atoms with Gasteiger partial charge in [-0.1, -0.05) is 11.6 Å². The maximum atomic E-state index is 12.8. The lowest BCUT2D eigenvalue weighted by atomic mass is 9.57. The van der Waals surface area contributed by atoms with Crippen LogP contribution >= 0.6 is 0 Å². The van der Waals surface area contributed by atoms with E-state index in [1.54, 1.807) is 6.08 Å². The number of hydrogen-bond acceptors (Lipinski definition) is 6. The number of imide groups is 2. The second-order valence-corrected chi connectivity index (χ2v) is 8.50. The number of phenols is 1. The molecular formula is C21H17F3N2O6. The highest BCUT2D eigenvalue weighted by atomic mass is 19.4. The molecule has 1 aromatic rings. The maximum absolute atomic E-state index is 12.8. The van der Waals surface area contributed by atoms with Crippen LogP contribution in [0.5, 0.6) is 11.5 Å². The molecule has 1 aromatic carbocycles. The largest absolute Gasteiger partial charge is 0.573 e. The number of carbonyl (C=O) groups is 4. The third kappa shape index (κ3) is 3.06. The van der Waals surface area contributed by atoms with Crippen molar-refractivity contribution >= 4 is 23.6 Å². The monoisotopic (exact) mass is 450 g/mol. The summed E-state index contributed by atoms with van der Waals surface area (Å²) in [5.74, 6) is -7.67. The number of ether oxygens (including phenoxy) is 1. The molecule has 11 heteroatoms. The van der Waals surface area contributed by atoms with Crippen molar-refractivity contribution in [2.75, 3.05) is 0 Å². The van der Waals surface area contributed by atoms with Crippen molar-refractivity contribution in [2.45, 2.75) is 25.1 Å². The first-order valence-corrected chi connectivity index (χ1v) is 10.0. The Labute approximate surface area is 178 Å². The van der Waals surface area contributed by atoms with Crippen molar-refractivity contribution in [1.29, 1.82) is 0 Å². The van der Waals surface area contributed by atoms with E-state index < -0.39 is 71.2 Å². The number of benzene rings is 1. The van der Waals surface area contributed by atoms with E-state index >= 15 is 0 Å². The SMILES string of the molecule is O=C1NC(=O)C2C1CC=C1C2CC2C(=O)NC(=O)C2C1c1cc(OC(F)(F)F)ccc1O. The topological polar surface area (TPSA) is 122 Å². The molecule has 0 radical (unpaired) electrons. The third-order valence-corrected chi connectivity index (χ3v) is 6.90. The van der Waals surface area contributed by atoms with Crippen molar-refractivity contribution < 1.29 is 42.2 Å². The Balaban J connectivity index is 1.64. The Kier molecular flexibility index (Phi) is 4.37. The number of rotatable bonds is 2. The maximum Gasteiger partial charge on any atom is 0.573 e. The van der Waals surface area contributed by atoms with Crippen LogP contribution in [-0.4, -0.2) is 35.1 Å². The van der Waals surface area contributed by atoms with Gasteiger partial charge < -0.3 is 9.84 Å². The van der Waals surface area contributed by atoms with Crippen molar-refractivity contribution in [3.05, 3.63) is 35.4 Å². The van der Waals surface area contributed by atoms with Crippen LogP contribution in [0, 0.1) is 29.6 Å². The number of nitrogens with one attached hydrogen (secondary N) is 2. The summed E-state index contributed by atoms with van der Waals surface area (Å²) in [7, 11) is 0. The number of halogens is 3. The number of alkyl halides is 3. The number of amides is 4. The van der Waals surface area contributed by atoms with Gasteiger partial charge in [0.15, 0.2) is 0 Å². The highest BCUT2D eigenvalue weighted by Crippen LogP contribution is 2.57. The first-order chi connectivity index (χ1) is 15.0. The quantitative estimate of drug-likeness (QED) is 0.464. The van der Waals surface area contributed by atoms with Crippen molar-refractivity contribution in [3.63, 3.8) is 0 Å². The number of aromatic hydroxyl groups is 1. The van der Waals surface area contributed by atoms with Gasteiger partial charge in [-0.15, -0.1) is 13.2 Å². The molecule has 0 aromatic heterocycles. The predicted molar refractivity (Wildman–Crippen MR) is 98.6 cm³/mol. The molecule has 2 saturated heterocycles. The zero-order chi connectivity index (χ0) is 22.9. The van der Waals surface area contributed by atoms with E-state index in [0.717, 1.165) is 18.2 Å². The summed E-state index contributed by atoms with van der Waals surface area (Å²) in [6.45, 7) is 0. The fourth-order valence-electron chi connectivity index (χ4n) is 5.74. The van der Waals surface area contributed by atoms with Crippen LogP contribution in [0.2, 0.25) is 0 Å². The summed E-state index contributed by atoms with van der Waals surface area (Å²) in [6, 6.07) is 2.97. The lowest BCUT2D eigenvalue weighted by Crippen LogP contribution is -2.42. The van der Waals surface area contributed by atoms with Crippen LogP contribution in [0.1, 0.15) is 24.3 Å². The fraction of sp³-hybridized carbons (Fsp3) is 0.429. The molecule has 0 spiro atoms. The molecule has 3 N–H and O–H groups in total. The van der Waals surface area contributed by atoms with E-state index in [1.165, 1.54) is 0 Å². The first-order valence-electron chi connectivity index (χ1n) is 10.0. The molecule has 0 bridgehead atoms. The standard InChI is InChI=1S/C21H17F3N2O6/c22-21(23,24)32-7-1-4-13(27)11(5-7)14-8-2-3-9-15(19(30)25-17(9)28)10(8)6-12-16(14)20(31)26-18(12)29/h1-2,4-5,9-10,12,14-16,27H,3,6H2,(H,25,28,30)(H,26,29,31). The van der Waals surface area contributed by atoms with Gasteiger partial charge in [0, 0.05) is 11.5 Å². The highest BCUT2D eigenvalue weighted by molar-refractivity contribution is 6.07. The summed E-state index contributed by atoms with van der Waals surface area (Å²) in [5.41, 5.74) is 0.549. The van der Waals surface area contributed by atoms with Crippen molar-refractivity contribution in [1.82, 2.24) is 10.6 Å². The van der Waals surface area contributed by atoms with Crippen LogP contribution in [0.15, 0.2) is 29.8 Å². The van der Waals surface area contributed by atoms with Gasteiger partial charge in [0.2, 0.25) is 23.6 Å². The van der Waals surface area contributed by atoms with Crippen LogP contribution in [-0.2, 0) is 19.2 Å². The summed E-state index contributed by atoms with van der Waals surface area (Å²) in [4.78, 5) is 49.8. The molecule has 4 amide bonds. The van der Waals surface area contributed by atoms with Gasteiger partial charge in [-0.2, -0.15) is 0 Å². The van der Waals surface area contributed by atoms with E-state index in [2.05, 4.69) is 15.4 Å². The molecule has 2 heterocycles. The zero-order valence-corrected chi connectivity index (χ0v) is 16.3. The molecule has 6 atom stereocenters. The normalized spacial score (nSPS) is 33.7. The molecule has 1 saturated carbocycles. The number of hydrogen-bond donors (Lipinski definition) is 3. The molecule has 6 unspecified atom stereocenters. The van der Waals surface area contributed by atoms with Crippen molar-refractivity contribution in [2.24, 2.45) is 29.6 Å². The number of fused-ring (bicyclic) bond motifs is 4. The van der Waals surface area contributed by atoms with E-state index in [0.29, 0.717) is 5.57 Å². The fourth-order valence-corrected chi connectivity index (χ4v) is 5.74. The van der Waals surface area contributed by atoms with Crippen LogP contribution < -0.4 is 15.4 Å². The van der Waals surface area contributed by atoms with Crippen LogP contribution in [0.3, 0.4) is 0 Å². The molecule has 32 heavy (non-hydrogen) atoms. The molecule has 4 aliphatic rings. The Morgan fingerprint density at radius 1 is 0.906 bits per heavy atom. The molecular weight excluding hydrogens is 433 g/mol. The Bertz CT molecular complexity index is 1100. The first kappa shape index (κ1) is 20.5.